The molecular weight excluding hydrogens is 139 g/mol. The summed E-state index contributed by atoms with van der Waals surface area (Å²) in [6, 6.07) is 0. The SMILES string of the molecule is CCO.O=C(O)O.[H-].[K+]. The molecule has 3 N–H and O–H groups in total. The summed E-state index contributed by atoms with van der Waals surface area (Å²) in [6.07, 6.45) is -1.83. The first-order valence-corrected chi connectivity index (χ1v) is 1.67. The van der Waals surface area contributed by atoms with Crippen molar-refractivity contribution >= 4 is 6.16 Å². The van der Waals surface area contributed by atoms with Crippen LogP contribution in [0.15, 0.2) is 0 Å². The van der Waals surface area contributed by atoms with E-state index < -0.39 is 6.16 Å². The zero-order valence-electron chi connectivity index (χ0n) is 5.96. The molecule has 0 aromatic rings. The maximum absolute atomic E-state index is 8.56. The average molecular weight is 148 g/mol. The Balaban J connectivity index is -0.0000000233. The number of aliphatic hydroxyl groups is 1. The van der Waals surface area contributed by atoms with Crippen molar-refractivity contribution in [2.75, 3.05) is 6.61 Å². The zero-order valence-corrected chi connectivity index (χ0v) is 8.08. The number of hydrogen-bond acceptors (Lipinski definition) is 2. The van der Waals surface area contributed by atoms with E-state index in [1.807, 2.05) is 0 Å². The van der Waals surface area contributed by atoms with Gasteiger partial charge in [-0.15, -0.1) is 0 Å². The summed E-state index contributed by atoms with van der Waals surface area (Å²) in [5, 5.41) is 21.5. The van der Waals surface area contributed by atoms with Crippen LogP contribution in [0.2, 0.25) is 0 Å². The van der Waals surface area contributed by atoms with Crippen molar-refractivity contribution in [2.45, 2.75) is 6.92 Å². The van der Waals surface area contributed by atoms with Crippen molar-refractivity contribution < 1.29 is 72.9 Å². The van der Waals surface area contributed by atoms with Gasteiger partial charge >= 0.3 is 57.5 Å². The van der Waals surface area contributed by atoms with E-state index >= 15 is 0 Å². The Hall–Kier alpha value is 0.866. The number of aliphatic hydroxyl groups excluding tert-OH is 1. The predicted molar refractivity (Wildman–Crippen MR) is 24.5 cm³/mol. The fraction of sp³-hybridized carbons (Fsp3) is 0.667. The van der Waals surface area contributed by atoms with Crippen LogP contribution in [0.3, 0.4) is 0 Å². The second kappa shape index (κ2) is 15.7. The van der Waals surface area contributed by atoms with Crippen LogP contribution in [-0.2, 0) is 0 Å². The van der Waals surface area contributed by atoms with Crippen molar-refractivity contribution in [3.05, 3.63) is 0 Å². The maximum Gasteiger partial charge on any atom is 1.00 e. The van der Waals surface area contributed by atoms with Gasteiger partial charge in [0, 0.05) is 6.61 Å². The molecule has 0 spiro atoms. The van der Waals surface area contributed by atoms with Gasteiger partial charge in [0.1, 0.15) is 0 Å². The molecular formula is C3H9KO4. The first kappa shape index (κ1) is 15.9. The molecule has 0 bridgehead atoms. The van der Waals surface area contributed by atoms with Gasteiger partial charge in [0.2, 0.25) is 0 Å². The summed E-state index contributed by atoms with van der Waals surface area (Å²) in [5.74, 6) is 0. The molecule has 0 aliphatic carbocycles. The molecule has 0 rings (SSSR count). The van der Waals surface area contributed by atoms with E-state index in [4.69, 9.17) is 20.1 Å². The van der Waals surface area contributed by atoms with Crippen LogP contribution in [0.4, 0.5) is 4.79 Å². The van der Waals surface area contributed by atoms with E-state index in [1.165, 1.54) is 0 Å². The van der Waals surface area contributed by atoms with E-state index in [9.17, 15) is 0 Å². The van der Waals surface area contributed by atoms with Gasteiger partial charge in [-0.3, -0.25) is 0 Å². The van der Waals surface area contributed by atoms with Crippen LogP contribution >= 0.6 is 0 Å². The molecule has 0 amide bonds. The van der Waals surface area contributed by atoms with Gasteiger partial charge in [0.05, 0.1) is 0 Å². The zero-order chi connectivity index (χ0) is 6.28. The van der Waals surface area contributed by atoms with Crippen LogP contribution in [0.5, 0.6) is 0 Å². The molecule has 0 heterocycles. The number of carbonyl (C=O) groups is 1. The molecule has 0 aliphatic heterocycles. The molecule has 0 saturated carbocycles. The summed E-state index contributed by atoms with van der Waals surface area (Å²) in [6.45, 7) is 1.93. The summed E-state index contributed by atoms with van der Waals surface area (Å²) in [5.41, 5.74) is 0. The molecule has 0 atom stereocenters. The van der Waals surface area contributed by atoms with Gasteiger partial charge in [-0.25, -0.2) is 4.79 Å². The first-order valence-electron chi connectivity index (χ1n) is 1.67. The van der Waals surface area contributed by atoms with E-state index in [1.54, 1.807) is 6.92 Å². The smallest absolute Gasteiger partial charge is 1.00 e. The van der Waals surface area contributed by atoms with Gasteiger partial charge < -0.3 is 16.7 Å². The van der Waals surface area contributed by atoms with E-state index in [0.717, 1.165) is 0 Å². The molecule has 0 radical (unpaired) electrons. The second-order valence-corrected chi connectivity index (χ2v) is 0.599. The minimum Gasteiger partial charge on any atom is -1.00 e. The third kappa shape index (κ3) is 315. The molecule has 0 unspecified atom stereocenters. The average Bonchev–Trinajstić information content (AvgIpc) is 1.33. The van der Waals surface area contributed by atoms with Crippen molar-refractivity contribution in [1.29, 1.82) is 0 Å². The maximum atomic E-state index is 8.56. The molecule has 4 nitrogen and oxygen atoms in total. The van der Waals surface area contributed by atoms with E-state index in [-0.39, 0.29) is 59.4 Å². The summed E-state index contributed by atoms with van der Waals surface area (Å²) < 4.78 is 0. The van der Waals surface area contributed by atoms with E-state index in [0.29, 0.717) is 0 Å². The normalized spacial score (nSPS) is 5.25. The van der Waals surface area contributed by atoms with Crippen molar-refractivity contribution in [1.82, 2.24) is 0 Å². The molecule has 46 valence electrons. The summed E-state index contributed by atoms with van der Waals surface area (Å²) in [7, 11) is 0. The van der Waals surface area contributed by atoms with Gasteiger partial charge in [-0.2, -0.15) is 0 Å². The molecule has 8 heavy (non-hydrogen) atoms. The van der Waals surface area contributed by atoms with Crippen LogP contribution in [0.25, 0.3) is 0 Å². The Morgan fingerprint density at radius 2 is 1.62 bits per heavy atom. The molecule has 0 fully saturated rings. The van der Waals surface area contributed by atoms with Gasteiger partial charge in [-0.1, -0.05) is 0 Å². The fourth-order valence-electron chi connectivity index (χ4n) is 0. The first-order chi connectivity index (χ1) is 3.15. The van der Waals surface area contributed by atoms with Gasteiger partial charge in [0.25, 0.3) is 0 Å². The standard InChI is InChI=1S/C2H6O.CH2O3.K.H/c1-2-3;2-1(3)4;;/h3H,2H2,1H3;(H2,2,3,4);;/q;;+1;-1. The minimum atomic E-state index is -1.83. The Kier molecular flexibility index (Phi) is 31.2. The fourth-order valence-corrected chi connectivity index (χ4v) is 0. The summed E-state index contributed by atoms with van der Waals surface area (Å²) >= 11 is 0. The minimum absolute atomic E-state index is 0. The third-order valence-corrected chi connectivity index (χ3v) is 0. The molecule has 5 heteroatoms. The van der Waals surface area contributed by atoms with Crippen molar-refractivity contribution in [3.63, 3.8) is 0 Å². The molecule has 0 aromatic carbocycles. The summed E-state index contributed by atoms with van der Waals surface area (Å²) in [4.78, 5) is 8.56. The van der Waals surface area contributed by atoms with Crippen LogP contribution < -0.4 is 51.4 Å². The molecule has 0 aromatic heterocycles. The van der Waals surface area contributed by atoms with Crippen LogP contribution in [0, 0.1) is 0 Å². The molecule has 0 saturated heterocycles. The van der Waals surface area contributed by atoms with Gasteiger partial charge in [-0.05, 0) is 6.92 Å². The topological polar surface area (TPSA) is 77.8 Å². The van der Waals surface area contributed by atoms with E-state index in [2.05, 4.69) is 0 Å². The Labute approximate surface area is 91.4 Å². The van der Waals surface area contributed by atoms with Gasteiger partial charge in [0.15, 0.2) is 0 Å². The van der Waals surface area contributed by atoms with Crippen LogP contribution in [-0.4, -0.2) is 28.1 Å². The number of hydrogen-bond donors (Lipinski definition) is 3. The third-order valence-electron chi connectivity index (χ3n) is 0. The Bertz CT molecular complexity index is 47.1. The molecule has 0 aliphatic rings. The number of carboxylic acid groups (broad SMARTS) is 2. The number of rotatable bonds is 0. The largest absolute Gasteiger partial charge is 1.00 e. The Morgan fingerprint density at radius 1 is 1.62 bits per heavy atom. The quantitative estimate of drug-likeness (QED) is 0.328. The van der Waals surface area contributed by atoms with Crippen molar-refractivity contribution in [3.8, 4) is 0 Å². The van der Waals surface area contributed by atoms with Crippen LogP contribution in [0.1, 0.15) is 8.35 Å². The Morgan fingerprint density at radius 3 is 1.62 bits per heavy atom. The monoisotopic (exact) mass is 148 g/mol. The van der Waals surface area contributed by atoms with Crippen molar-refractivity contribution in [2.24, 2.45) is 0 Å². The predicted octanol–water partition coefficient (Wildman–Crippen LogP) is -2.66. The second-order valence-electron chi connectivity index (χ2n) is 0.599.